The lowest BCUT2D eigenvalue weighted by atomic mass is 10.2. The zero-order valence-corrected chi connectivity index (χ0v) is 11.0. The van der Waals surface area contributed by atoms with Crippen molar-refractivity contribution in [3.63, 3.8) is 0 Å². The summed E-state index contributed by atoms with van der Waals surface area (Å²) in [5, 5.41) is 1.27. The van der Waals surface area contributed by atoms with Crippen molar-refractivity contribution in [1.82, 2.24) is 4.57 Å². The Bertz CT molecular complexity index is 464. The van der Waals surface area contributed by atoms with Crippen molar-refractivity contribution in [3.8, 4) is 0 Å². The van der Waals surface area contributed by atoms with Gasteiger partial charge in [-0.15, -0.1) is 0 Å². The molecule has 0 saturated heterocycles. The summed E-state index contributed by atoms with van der Waals surface area (Å²) in [5.74, 6) is 0. The van der Waals surface area contributed by atoms with Gasteiger partial charge in [0, 0.05) is 34.7 Å². The number of hydrogen-bond donors (Lipinski definition) is 0. The summed E-state index contributed by atoms with van der Waals surface area (Å²) in [5.41, 5.74) is 1.27. The van der Waals surface area contributed by atoms with Crippen LogP contribution in [0.3, 0.4) is 0 Å². The summed E-state index contributed by atoms with van der Waals surface area (Å²) in [6.45, 7) is 4.69. The molecule has 0 atom stereocenters. The SMILES string of the molecule is CCCOCCn1ccc2cc(Br)ccc21. The summed E-state index contributed by atoms with van der Waals surface area (Å²) in [4.78, 5) is 0. The van der Waals surface area contributed by atoms with Gasteiger partial charge in [0.05, 0.1) is 6.61 Å². The Balaban J connectivity index is 2.07. The van der Waals surface area contributed by atoms with E-state index in [-0.39, 0.29) is 0 Å². The molecule has 86 valence electrons. The molecule has 1 aromatic carbocycles. The lowest BCUT2D eigenvalue weighted by Crippen LogP contribution is -2.05. The van der Waals surface area contributed by atoms with E-state index in [1.807, 2.05) is 0 Å². The average Bonchev–Trinajstić information content (AvgIpc) is 2.67. The topological polar surface area (TPSA) is 14.2 Å². The Kier molecular flexibility index (Phi) is 4.02. The number of ether oxygens (including phenoxy) is 1. The maximum absolute atomic E-state index is 5.50. The van der Waals surface area contributed by atoms with Crippen molar-refractivity contribution in [2.24, 2.45) is 0 Å². The van der Waals surface area contributed by atoms with E-state index in [4.69, 9.17) is 4.74 Å². The molecule has 2 rings (SSSR count). The van der Waals surface area contributed by atoms with E-state index in [0.29, 0.717) is 0 Å². The van der Waals surface area contributed by atoms with Gasteiger partial charge in [-0.3, -0.25) is 0 Å². The number of hydrogen-bond acceptors (Lipinski definition) is 1. The first-order valence-corrected chi connectivity index (χ1v) is 6.42. The standard InChI is InChI=1S/C13H16BrNO/c1-2-8-16-9-7-15-6-5-11-10-12(14)3-4-13(11)15/h3-6,10H,2,7-9H2,1H3. The summed E-state index contributed by atoms with van der Waals surface area (Å²) in [7, 11) is 0. The van der Waals surface area contributed by atoms with Crippen LogP contribution < -0.4 is 0 Å². The second-order valence-corrected chi connectivity index (χ2v) is 4.74. The average molecular weight is 282 g/mol. The maximum atomic E-state index is 5.50. The van der Waals surface area contributed by atoms with Crippen molar-refractivity contribution in [1.29, 1.82) is 0 Å². The van der Waals surface area contributed by atoms with Crippen LogP contribution in [0.4, 0.5) is 0 Å². The molecule has 0 spiro atoms. The van der Waals surface area contributed by atoms with Crippen LogP contribution in [-0.2, 0) is 11.3 Å². The highest BCUT2D eigenvalue weighted by atomic mass is 79.9. The van der Waals surface area contributed by atoms with E-state index in [1.54, 1.807) is 0 Å². The fraction of sp³-hybridized carbons (Fsp3) is 0.385. The zero-order chi connectivity index (χ0) is 11.4. The van der Waals surface area contributed by atoms with Gasteiger partial charge in [0.15, 0.2) is 0 Å². The van der Waals surface area contributed by atoms with Gasteiger partial charge in [0.1, 0.15) is 0 Å². The molecule has 0 aliphatic carbocycles. The molecule has 0 amide bonds. The third kappa shape index (κ3) is 2.66. The summed E-state index contributed by atoms with van der Waals surface area (Å²) >= 11 is 3.48. The van der Waals surface area contributed by atoms with Gasteiger partial charge < -0.3 is 9.30 Å². The molecule has 1 aromatic heterocycles. The molecule has 0 aliphatic rings. The van der Waals surface area contributed by atoms with E-state index >= 15 is 0 Å². The van der Waals surface area contributed by atoms with Gasteiger partial charge in [0.25, 0.3) is 0 Å². The molecule has 16 heavy (non-hydrogen) atoms. The molecule has 1 heterocycles. The van der Waals surface area contributed by atoms with E-state index in [0.717, 1.165) is 30.7 Å². The Labute approximate surface area is 104 Å². The summed E-state index contributed by atoms with van der Waals surface area (Å²) in [6.07, 6.45) is 3.20. The molecular weight excluding hydrogens is 266 g/mol. The highest BCUT2D eigenvalue weighted by Gasteiger charge is 2.00. The first kappa shape index (κ1) is 11.7. The van der Waals surface area contributed by atoms with Gasteiger partial charge in [-0.05, 0) is 30.7 Å². The van der Waals surface area contributed by atoms with Crippen molar-refractivity contribution in [3.05, 3.63) is 34.9 Å². The number of fused-ring (bicyclic) bond motifs is 1. The fourth-order valence-electron chi connectivity index (χ4n) is 1.78. The van der Waals surface area contributed by atoms with E-state index in [2.05, 4.69) is 57.9 Å². The minimum absolute atomic E-state index is 0.785. The van der Waals surface area contributed by atoms with Crippen LogP contribution in [0.2, 0.25) is 0 Å². The van der Waals surface area contributed by atoms with E-state index < -0.39 is 0 Å². The minimum atomic E-state index is 0.785. The van der Waals surface area contributed by atoms with Crippen LogP contribution in [0.1, 0.15) is 13.3 Å². The van der Waals surface area contributed by atoms with Crippen LogP contribution in [0.5, 0.6) is 0 Å². The predicted octanol–water partition coefficient (Wildman–Crippen LogP) is 3.83. The van der Waals surface area contributed by atoms with Crippen molar-refractivity contribution >= 4 is 26.8 Å². The lowest BCUT2D eigenvalue weighted by Gasteiger charge is -2.06. The first-order valence-electron chi connectivity index (χ1n) is 5.63. The van der Waals surface area contributed by atoms with Crippen LogP contribution >= 0.6 is 15.9 Å². The number of halogens is 1. The van der Waals surface area contributed by atoms with Crippen LogP contribution in [0, 0.1) is 0 Å². The maximum Gasteiger partial charge on any atom is 0.0645 e. The predicted molar refractivity (Wildman–Crippen MR) is 70.7 cm³/mol. The lowest BCUT2D eigenvalue weighted by molar-refractivity contribution is 0.127. The molecule has 0 bridgehead atoms. The second kappa shape index (κ2) is 5.51. The quantitative estimate of drug-likeness (QED) is 0.760. The van der Waals surface area contributed by atoms with Gasteiger partial charge >= 0.3 is 0 Å². The number of nitrogens with zero attached hydrogens (tertiary/aromatic N) is 1. The molecule has 0 N–H and O–H groups in total. The summed E-state index contributed by atoms with van der Waals surface area (Å²) in [6, 6.07) is 8.49. The van der Waals surface area contributed by atoms with Crippen LogP contribution in [0.25, 0.3) is 10.9 Å². The smallest absolute Gasteiger partial charge is 0.0645 e. The zero-order valence-electron chi connectivity index (χ0n) is 9.45. The largest absolute Gasteiger partial charge is 0.380 e. The molecule has 2 aromatic rings. The monoisotopic (exact) mass is 281 g/mol. The second-order valence-electron chi connectivity index (χ2n) is 3.82. The fourth-order valence-corrected chi connectivity index (χ4v) is 2.15. The minimum Gasteiger partial charge on any atom is -0.380 e. The van der Waals surface area contributed by atoms with Crippen molar-refractivity contribution in [2.45, 2.75) is 19.9 Å². The Morgan fingerprint density at radius 1 is 1.25 bits per heavy atom. The molecule has 2 nitrogen and oxygen atoms in total. The Hall–Kier alpha value is -0.800. The molecular formula is C13H16BrNO. The Morgan fingerprint density at radius 3 is 2.94 bits per heavy atom. The van der Waals surface area contributed by atoms with Gasteiger partial charge in [0.2, 0.25) is 0 Å². The molecule has 0 aliphatic heterocycles. The normalized spacial score (nSPS) is 11.1. The van der Waals surface area contributed by atoms with Crippen LogP contribution in [0.15, 0.2) is 34.9 Å². The highest BCUT2D eigenvalue weighted by molar-refractivity contribution is 9.10. The van der Waals surface area contributed by atoms with Crippen molar-refractivity contribution < 1.29 is 4.74 Å². The van der Waals surface area contributed by atoms with E-state index in [1.165, 1.54) is 10.9 Å². The van der Waals surface area contributed by atoms with Gasteiger partial charge in [-0.2, -0.15) is 0 Å². The van der Waals surface area contributed by atoms with Crippen LogP contribution in [-0.4, -0.2) is 17.8 Å². The van der Waals surface area contributed by atoms with Gasteiger partial charge in [-0.25, -0.2) is 0 Å². The van der Waals surface area contributed by atoms with E-state index in [9.17, 15) is 0 Å². The highest BCUT2D eigenvalue weighted by Crippen LogP contribution is 2.20. The summed E-state index contributed by atoms with van der Waals surface area (Å²) < 4.78 is 8.86. The Morgan fingerprint density at radius 2 is 2.12 bits per heavy atom. The molecule has 3 heteroatoms. The molecule has 0 fully saturated rings. The number of benzene rings is 1. The van der Waals surface area contributed by atoms with Gasteiger partial charge in [-0.1, -0.05) is 22.9 Å². The third-order valence-electron chi connectivity index (χ3n) is 2.56. The number of aromatic nitrogens is 1. The van der Waals surface area contributed by atoms with Crippen molar-refractivity contribution in [2.75, 3.05) is 13.2 Å². The molecule has 0 unspecified atom stereocenters. The molecule has 0 radical (unpaired) electrons. The number of rotatable bonds is 5. The first-order chi connectivity index (χ1) is 7.81. The third-order valence-corrected chi connectivity index (χ3v) is 3.05. The molecule has 0 saturated carbocycles.